The van der Waals surface area contributed by atoms with Gasteiger partial charge in [0.2, 0.25) is 0 Å². The van der Waals surface area contributed by atoms with Crippen molar-refractivity contribution in [1.29, 1.82) is 0 Å². The number of aromatic nitrogens is 1. The lowest BCUT2D eigenvalue weighted by atomic mass is 9.97. The summed E-state index contributed by atoms with van der Waals surface area (Å²) in [4.78, 5) is 7.17. The van der Waals surface area contributed by atoms with E-state index in [-0.39, 0.29) is 18.2 Å². The predicted octanol–water partition coefficient (Wildman–Crippen LogP) is 5.32. The normalized spacial score (nSPS) is 20.8. The van der Waals surface area contributed by atoms with Crippen molar-refractivity contribution in [1.82, 2.24) is 10.3 Å². The number of anilines is 1. The molecule has 3 heterocycles. The summed E-state index contributed by atoms with van der Waals surface area (Å²) < 4.78 is 25.1. The summed E-state index contributed by atoms with van der Waals surface area (Å²) >= 11 is 0. The topological polar surface area (TPSA) is 46.6 Å². The Labute approximate surface area is 193 Å². The number of pyridine rings is 1. The number of benzene rings is 2. The lowest BCUT2D eigenvalue weighted by Crippen LogP contribution is -2.45. The summed E-state index contributed by atoms with van der Waals surface area (Å²) in [6.07, 6.45) is 5.55. The van der Waals surface area contributed by atoms with E-state index in [0.717, 1.165) is 52.0 Å². The Morgan fingerprint density at radius 1 is 1.03 bits per heavy atom. The second-order valence-electron chi connectivity index (χ2n) is 8.68. The summed E-state index contributed by atoms with van der Waals surface area (Å²) in [7, 11) is 1.69. The molecular weight excluding hydrogens is 417 g/mol. The molecule has 6 heteroatoms. The fourth-order valence-corrected chi connectivity index (χ4v) is 4.78. The molecule has 0 bridgehead atoms. The zero-order valence-electron chi connectivity index (χ0n) is 19.1. The number of para-hydroxylation sites is 1. The third-order valence-corrected chi connectivity index (χ3v) is 6.24. The average molecular weight is 446 g/mol. The number of halogens is 1. The zero-order chi connectivity index (χ0) is 22.9. The van der Waals surface area contributed by atoms with Crippen molar-refractivity contribution in [3.8, 4) is 16.9 Å². The summed E-state index contributed by atoms with van der Waals surface area (Å²) in [5, 5.41) is 3.69. The number of methoxy groups -OCH3 is 1. The number of ether oxygens (including phenoxy) is 2. The van der Waals surface area contributed by atoms with E-state index < -0.39 is 0 Å². The van der Waals surface area contributed by atoms with Gasteiger partial charge >= 0.3 is 0 Å². The minimum Gasteiger partial charge on any atom is -0.495 e. The van der Waals surface area contributed by atoms with Gasteiger partial charge < -0.3 is 19.7 Å². The summed E-state index contributed by atoms with van der Waals surface area (Å²) in [5.74, 6) is 0.463. The van der Waals surface area contributed by atoms with Gasteiger partial charge in [0.1, 0.15) is 5.75 Å². The maximum atomic E-state index is 13.4. The molecule has 170 valence electrons. The van der Waals surface area contributed by atoms with Crippen LogP contribution in [0.1, 0.15) is 19.4 Å². The molecule has 1 fully saturated rings. The van der Waals surface area contributed by atoms with Gasteiger partial charge in [0.25, 0.3) is 0 Å². The van der Waals surface area contributed by atoms with Crippen LogP contribution in [0.3, 0.4) is 0 Å². The third kappa shape index (κ3) is 4.18. The highest BCUT2D eigenvalue weighted by atomic mass is 19.1. The first kappa shape index (κ1) is 21.5. The van der Waals surface area contributed by atoms with Crippen molar-refractivity contribution in [2.24, 2.45) is 0 Å². The quantitative estimate of drug-likeness (QED) is 0.551. The predicted molar refractivity (Wildman–Crippen MR) is 131 cm³/mol. The molecule has 5 nitrogen and oxygen atoms in total. The number of allylic oxidation sites excluding steroid dienone is 2. The summed E-state index contributed by atoms with van der Waals surface area (Å²) in [5.41, 5.74) is 5.98. The average Bonchev–Trinajstić information content (AvgIpc) is 2.83. The smallest absolute Gasteiger partial charge is 0.187 e. The molecule has 0 spiro atoms. The minimum atomic E-state index is -0.323. The van der Waals surface area contributed by atoms with E-state index in [0.29, 0.717) is 6.54 Å². The Balaban J connectivity index is 1.51. The third-order valence-electron chi connectivity index (χ3n) is 6.24. The molecule has 2 aliphatic heterocycles. The maximum absolute atomic E-state index is 13.4. The van der Waals surface area contributed by atoms with Crippen LogP contribution in [0.25, 0.3) is 27.6 Å². The summed E-state index contributed by atoms with van der Waals surface area (Å²) in [6, 6.07) is 14.6. The van der Waals surface area contributed by atoms with Crippen molar-refractivity contribution < 1.29 is 13.9 Å². The highest BCUT2D eigenvalue weighted by molar-refractivity contribution is 5.98. The van der Waals surface area contributed by atoms with Crippen LogP contribution in [0.5, 0.6) is 5.75 Å². The molecule has 2 atom stereocenters. The molecule has 0 amide bonds. The number of rotatable bonds is 4. The van der Waals surface area contributed by atoms with Gasteiger partial charge in [-0.15, -0.1) is 0 Å². The SMILES string of the molecule is COc1c(-c2ccc(N3CC(C)OC(C)C3)cc2)cnc2c(C3=CC=C(F)NC3)cccc12. The van der Waals surface area contributed by atoms with Gasteiger partial charge in [-0.3, -0.25) is 4.98 Å². The largest absolute Gasteiger partial charge is 0.495 e. The van der Waals surface area contributed by atoms with Gasteiger partial charge in [0, 0.05) is 48.0 Å². The van der Waals surface area contributed by atoms with Gasteiger partial charge in [-0.05, 0) is 49.3 Å². The van der Waals surface area contributed by atoms with E-state index in [2.05, 4.69) is 48.3 Å². The number of fused-ring (bicyclic) bond motifs is 1. The van der Waals surface area contributed by atoms with Crippen LogP contribution in [0.15, 0.2) is 66.8 Å². The molecule has 2 unspecified atom stereocenters. The van der Waals surface area contributed by atoms with Crippen LogP contribution in [-0.2, 0) is 4.74 Å². The van der Waals surface area contributed by atoms with Gasteiger partial charge in [0.15, 0.2) is 5.95 Å². The number of hydrogen-bond donors (Lipinski definition) is 1. The Hall–Kier alpha value is -3.38. The van der Waals surface area contributed by atoms with Crippen LogP contribution in [0.4, 0.5) is 10.1 Å². The lowest BCUT2D eigenvalue weighted by molar-refractivity contribution is -0.00521. The standard InChI is InChI=1S/C27H28FN3O2/c1-17-15-31(16-18(2)33-17)21-10-7-19(8-11-21)24-14-30-26-22(20-9-12-25(28)29-13-20)5-4-6-23(26)27(24)32-3/h4-12,14,17-18,29H,13,15-16H2,1-3H3. The molecular formula is C27H28FN3O2. The molecule has 1 aromatic heterocycles. The second kappa shape index (κ2) is 8.87. The van der Waals surface area contributed by atoms with E-state index in [4.69, 9.17) is 14.5 Å². The monoisotopic (exact) mass is 445 g/mol. The highest BCUT2D eigenvalue weighted by Gasteiger charge is 2.23. The Bertz CT molecular complexity index is 1230. The van der Waals surface area contributed by atoms with Crippen LogP contribution in [-0.4, -0.2) is 43.9 Å². The van der Waals surface area contributed by atoms with Crippen molar-refractivity contribution in [3.05, 3.63) is 72.3 Å². The lowest BCUT2D eigenvalue weighted by Gasteiger charge is -2.36. The van der Waals surface area contributed by atoms with Crippen molar-refractivity contribution in [2.75, 3.05) is 31.6 Å². The van der Waals surface area contributed by atoms with E-state index in [1.165, 1.54) is 11.8 Å². The number of morpholine rings is 1. The number of nitrogens with one attached hydrogen (secondary N) is 1. The van der Waals surface area contributed by atoms with Crippen LogP contribution < -0.4 is 15.0 Å². The first-order valence-electron chi connectivity index (χ1n) is 11.3. The Morgan fingerprint density at radius 3 is 2.45 bits per heavy atom. The molecule has 1 saturated heterocycles. The fraction of sp³-hybridized carbons (Fsp3) is 0.296. The summed E-state index contributed by atoms with van der Waals surface area (Å²) in [6.45, 7) is 6.42. The molecule has 5 rings (SSSR count). The number of hydrogen-bond acceptors (Lipinski definition) is 5. The van der Waals surface area contributed by atoms with Crippen molar-refractivity contribution >= 4 is 22.2 Å². The van der Waals surface area contributed by atoms with Crippen LogP contribution in [0.2, 0.25) is 0 Å². The van der Waals surface area contributed by atoms with E-state index in [9.17, 15) is 4.39 Å². The van der Waals surface area contributed by atoms with E-state index in [1.54, 1.807) is 13.2 Å². The second-order valence-corrected chi connectivity index (χ2v) is 8.68. The van der Waals surface area contributed by atoms with Crippen LogP contribution >= 0.6 is 0 Å². The minimum absolute atomic E-state index is 0.217. The Kier molecular flexibility index (Phi) is 5.77. The van der Waals surface area contributed by atoms with E-state index >= 15 is 0 Å². The molecule has 0 radical (unpaired) electrons. The van der Waals surface area contributed by atoms with Gasteiger partial charge in [0.05, 0.1) is 24.8 Å². The fourth-order valence-electron chi connectivity index (χ4n) is 4.78. The number of dihydropyridines is 1. The van der Waals surface area contributed by atoms with E-state index in [1.807, 2.05) is 24.4 Å². The van der Waals surface area contributed by atoms with Gasteiger partial charge in [-0.25, -0.2) is 0 Å². The first-order valence-corrected chi connectivity index (χ1v) is 11.3. The van der Waals surface area contributed by atoms with Crippen LogP contribution in [0, 0.1) is 0 Å². The van der Waals surface area contributed by atoms with Gasteiger partial charge in [-0.2, -0.15) is 4.39 Å². The molecule has 1 N–H and O–H groups in total. The zero-order valence-corrected chi connectivity index (χ0v) is 19.1. The molecule has 2 aliphatic rings. The van der Waals surface area contributed by atoms with Crippen molar-refractivity contribution in [3.63, 3.8) is 0 Å². The Morgan fingerprint density at radius 2 is 1.79 bits per heavy atom. The highest BCUT2D eigenvalue weighted by Crippen LogP contribution is 2.38. The maximum Gasteiger partial charge on any atom is 0.187 e. The van der Waals surface area contributed by atoms with Gasteiger partial charge in [-0.1, -0.05) is 30.3 Å². The first-order chi connectivity index (χ1) is 16.0. The molecule has 0 saturated carbocycles. The molecule has 2 aromatic carbocycles. The molecule has 0 aliphatic carbocycles. The molecule has 3 aromatic rings. The number of nitrogens with zero attached hydrogens (tertiary/aromatic N) is 2. The van der Waals surface area contributed by atoms with Crippen molar-refractivity contribution in [2.45, 2.75) is 26.1 Å². The molecule has 33 heavy (non-hydrogen) atoms.